The first-order chi connectivity index (χ1) is 17.3. The van der Waals surface area contributed by atoms with E-state index in [-0.39, 0.29) is 25.6 Å². The number of hydrogen-bond donors (Lipinski definition) is 0. The second-order valence-corrected chi connectivity index (χ2v) is 22.6. The Balaban J connectivity index is 2.24. The summed E-state index contributed by atoms with van der Waals surface area (Å²) in [7, 11) is 0. The van der Waals surface area contributed by atoms with Crippen LogP contribution in [0.1, 0.15) is 60.3 Å². The molecule has 0 N–H and O–H groups in total. The molecule has 0 spiro atoms. The Morgan fingerprint density at radius 3 is 1.65 bits per heavy atom. The summed E-state index contributed by atoms with van der Waals surface area (Å²) in [5, 5.41) is 0. The summed E-state index contributed by atoms with van der Waals surface area (Å²) in [5.74, 6) is -5.47. The molecule has 2 unspecified atom stereocenters. The average molecular weight is 736 g/mol. The number of unbranched alkanes of at least 4 members (excludes halogenated alkanes) is 2. The first-order valence-electron chi connectivity index (χ1n) is 11.8. The molecule has 14 heteroatoms. The van der Waals surface area contributed by atoms with E-state index in [0.29, 0.717) is 25.7 Å². The number of carbonyl (C=O) groups is 6. The third-order valence-corrected chi connectivity index (χ3v) is 19.3. The molecule has 0 aliphatic carbocycles. The van der Waals surface area contributed by atoms with E-state index in [1.54, 1.807) is 0 Å². The molecule has 0 saturated heterocycles. The maximum absolute atomic E-state index is 12.9. The van der Waals surface area contributed by atoms with E-state index in [4.69, 9.17) is 18.4 Å². The zero-order valence-electron chi connectivity index (χ0n) is 21.4. The van der Waals surface area contributed by atoms with Crippen molar-refractivity contribution in [3.63, 3.8) is 0 Å². The van der Waals surface area contributed by atoms with E-state index in [0.717, 1.165) is 18.2 Å². The zero-order chi connectivity index (χ0) is 27.8. The van der Waals surface area contributed by atoms with Gasteiger partial charge in [-0.25, -0.2) is 0 Å². The predicted octanol–water partition coefficient (Wildman–Crippen LogP) is 2.59. The summed E-state index contributed by atoms with van der Waals surface area (Å²) in [6, 6.07) is 0. The van der Waals surface area contributed by atoms with Crippen LogP contribution in [0.15, 0.2) is 34.9 Å². The van der Waals surface area contributed by atoms with Crippen LogP contribution in [0.25, 0.3) is 0 Å². The molecular weight excluding hydrogens is 706 g/mol. The molecule has 0 bridgehead atoms. The number of rotatable bonds is 10. The van der Waals surface area contributed by atoms with Crippen molar-refractivity contribution in [2.24, 2.45) is 0 Å². The van der Waals surface area contributed by atoms with E-state index >= 15 is 0 Å². The van der Waals surface area contributed by atoms with Crippen LogP contribution in [0.3, 0.4) is 0 Å². The molecule has 2 aliphatic heterocycles. The molecule has 0 amide bonds. The number of carbonyl (C=O) groups excluding carboxylic acids is 6. The van der Waals surface area contributed by atoms with E-state index in [9.17, 15) is 28.8 Å². The van der Waals surface area contributed by atoms with Gasteiger partial charge in [-0.1, -0.05) is 0 Å². The van der Waals surface area contributed by atoms with Crippen LogP contribution in [0.5, 0.6) is 0 Å². The summed E-state index contributed by atoms with van der Waals surface area (Å²) in [4.78, 5) is 74.4. The van der Waals surface area contributed by atoms with Gasteiger partial charge in [-0.05, 0) is 0 Å². The topological polar surface area (TPSA) is 158 Å². The predicted molar refractivity (Wildman–Crippen MR) is 129 cm³/mol. The molecular formula is C23H30O12Sn2. The quantitative estimate of drug-likeness (QED) is 0.239. The Kier molecular flexibility index (Phi) is 11.2. The van der Waals surface area contributed by atoms with Crippen molar-refractivity contribution in [2.45, 2.75) is 69.2 Å². The minimum atomic E-state index is -5.06. The summed E-state index contributed by atoms with van der Waals surface area (Å²) >= 11 is -10.1. The van der Waals surface area contributed by atoms with Gasteiger partial charge in [0.25, 0.3) is 0 Å². The fraction of sp³-hybridized carbons (Fsp3) is 0.478. The van der Waals surface area contributed by atoms with E-state index in [1.165, 1.54) is 20.8 Å². The van der Waals surface area contributed by atoms with Gasteiger partial charge < -0.3 is 0 Å². The monoisotopic (exact) mass is 738 g/mol. The Hall–Kier alpha value is -2.36. The van der Waals surface area contributed by atoms with Crippen LogP contribution in [-0.2, 0) is 47.2 Å². The van der Waals surface area contributed by atoms with Gasteiger partial charge in [0.2, 0.25) is 0 Å². The average Bonchev–Trinajstić information content (AvgIpc) is 2.97. The summed E-state index contributed by atoms with van der Waals surface area (Å²) in [5.41, 5.74) is -0.237. The van der Waals surface area contributed by atoms with Crippen molar-refractivity contribution in [3.05, 3.63) is 34.9 Å². The molecule has 2 heterocycles. The van der Waals surface area contributed by atoms with Crippen LogP contribution in [0.4, 0.5) is 0 Å². The SMILES string of the molecule is CCC[CH2][Sn]1([O]C(=O)/C=C(/C)C(=O)[O][Sn]2([CH2]CCC)[O]C(=O)C=C(C)C(=O)[O]2)[O]C(=O)C=C(C)C(=O)[O]1. The van der Waals surface area contributed by atoms with E-state index in [1.807, 2.05) is 13.8 Å². The van der Waals surface area contributed by atoms with Crippen molar-refractivity contribution in [3.8, 4) is 0 Å². The zero-order valence-corrected chi connectivity index (χ0v) is 27.1. The van der Waals surface area contributed by atoms with Crippen molar-refractivity contribution in [1.82, 2.24) is 0 Å². The molecule has 0 radical (unpaired) electrons. The maximum atomic E-state index is 12.9. The van der Waals surface area contributed by atoms with Gasteiger partial charge >= 0.3 is 226 Å². The molecule has 2 atom stereocenters. The van der Waals surface area contributed by atoms with Crippen molar-refractivity contribution >= 4 is 75.1 Å². The summed E-state index contributed by atoms with van der Waals surface area (Å²) in [6.07, 6.45) is 4.96. The molecule has 0 fully saturated rings. The Bertz CT molecular complexity index is 1080. The molecule has 0 aromatic heterocycles. The minimum absolute atomic E-state index is 0.00789. The second-order valence-electron chi connectivity index (χ2n) is 8.49. The normalized spacial score (nSPS) is 24.3. The second kappa shape index (κ2) is 13.4. The van der Waals surface area contributed by atoms with Gasteiger partial charge in [0.15, 0.2) is 0 Å². The van der Waals surface area contributed by atoms with Crippen LogP contribution < -0.4 is 0 Å². The van der Waals surface area contributed by atoms with E-state index in [2.05, 4.69) is 0 Å². The molecule has 0 saturated carbocycles. The Morgan fingerprint density at radius 2 is 1.22 bits per heavy atom. The molecule has 0 aromatic carbocycles. The fourth-order valence-corrected chi connectivity index (χ4v) is 17.0. The Morgan fingerprint density at radius 1 is 0.784 bits per heavy atom. The molecule has 2 rings (SSSR count). The van der Waals surface area contributed by atoms with Crippen LogP contribution in [0.2, 0.25) is 8.87 Å². The van der Waals surface area contributed by atoms with Crippen LogP contribution >= 0.6 is 0 Å². The van der Waals surface area contributed by atoms with Crippen LogP contribution in [-0.4, -0.2) is 75.1 Å². The first kappa shape index (κ1) is 30.9. The van der Waals surface area contributed by atoms with Gasteiger partial charge in [0, 0.05) is 0 Å². The first-order valence-corrected chi connectivity index (χ1v) is 22.8. The number of hydrogen-bond acceptors (Lipinski definition) is 12. The van der Waals surface area contributed by atoms with Gasteiger partial charge in [-0.15, -0.1) is 0 Å². The molecule has 2 aliphatic rings. The van der Waals surface area contributed by atoms with Gasteiger partial charge in [0.05, 0.1) is 0 Å². The molecule has 12 nitrogen and oxygen atoms in total. The van der Waals surface area contributed by atoms with Gasteiger partial charge in [0.1, 0.15) is 0 Å². The molecule has 202 valence electrons. The van der Waals surface area contributed by atoms with Crippen molar-refractivity contribution < 1.29 is 47.2 Å². The molecule has 0 aromatic rings. The van der Waals surface area contributed by atoms with Crippen molar-refractivity contribution in [2.75, 3.05) is 0 Å². The third kappa shape index (κ3) is 8.86. The third-order valence-electron chi connectivity index (χ3n) is 5.15. The summed E-state index contributed by atoms with van der Waals surface area (Å²) < 4.78 is 32.5. The van der Waals surface area contributed by atoms with Gasteiger partial charge in [-0.2, -0.15) is 0 Å². The van der Waals surface area contributed by atoms with Crippen LogP contribution in [0, 0.1) is 0 Å². The molecule has 37 heavy (non-hydrogen) atoms. The van der Waals surface area contributed by atoms with Gasteiger partial charge in [-0.3, -0.25) is 0 Å². The van der Waals surface area contributed by atoms with E-state index < -0.39 is 75.1 Å². The standard InChI is InChI=1S/3C5H6O4.2C4H9.2Sn/c3*1-3(5(8)9)2-4(6)7;2*1-3-4-2;;/h3*2H,1H3,(H,6,7)(H,8,9);2*1,3-4H2,2H3;;/q;;;;;2*+3/p-6/b3-2-;;;;;;. The van der Waals surface area contributed by atoms with Crippen molar-refractivity contribution in [1.29, 1.82) is 0 Å². The Labute approximate surface area is 225 Å². The fourth-order valence-electron chi connectivity index (χ4n) is 3.14. The summed E-state index contributed by atoms with van der Waals surface area (Å²) in [6.45, 7) is 7.71.